The Hall–Kier alpha value is -0.430. The molecule has 0 unspecified atom stereocenters. The Morgan fingerprint density at radius 1 is 1.67 bits per heavy atom. The lowest BCUT2D eigenvalue weighted by Gasteiger charge is -1.96. The highest BCUT2D eigenvalue weighted by Crippen LogP contribution is 2.07. The standard InChI is InChI=1S/C7H10ClN/c1-6-3-2-4-9-7(8)5-6/h3,5,9H,2,4H2,1H3. The summed E-state index contributed by atoms with van der Waals surface area (Å²) in [6.45, 7) is 3.00. The van der Waals surface area contributed by atoms with E-state index in [9.17, 15) is 0 Å². The van der Waals surface area contributed by atoms with Crippen LogP contribution in [0.5, 0.6) is 0 Å². The van der Waals surface area contributed by atoms with Crippen LogP contribution in [0, 0.1) is 0 Å². The molecule has 0 aromatic heterocycles. The Morgan fingerprint density at radius 2 is 2.44 bits per heavy atom. The molecule has 1 rings (SSSR count). The fraction of sp³-hybridized carbons (Fsp3) is 0.429. The van der Waals surface area contributed by atoms with Gasteiger partial charge in [0.25, 0.3) is 0 Å². The summed E-state index contributed by atoms with van der Waals surface area (Å²) in [5.41, 5.74) is 1.24. The minimum atomic E-state index is 0.751. The van der Waals surface area contributed by atoms with Gasteiger partial charge in [-0.05, 0) is 19.4 Å². The smallest absolute Gasteiger partial charge is 0.102 e. The van der Waals surface area contributed by atoms with E-state index in [1.165, 1.54) is 5.57 Å². The van der Waals surface area contributed by atoms with Crippen molar-refractivity contribution in [1.82, 2.24) is 5.32 Å². The molecular weight excluding hydrogens is 134 g/mol. The second-order valence-electron chi connectivity index (χ2n) is 2.16. The second-order valence-corrected chi connectivity index (χ2v) is 2.56. The first-order valence-corrected chi connectivity index (χ1v) is 3.44. The van der Waals surface area contributed by atoms with Crippen molar-refractivity contribution in [2.24, 2.45) is 0 Å². The van der Waals surface area contributed by atoms with Gasteiger partial charge in [-0.3, -0.25) is 0 Å². The molecule has 0 atom stereocenters. The Bertz CT molecular complexity index is 158. The molecule has 50 valence electrons. The van der Waals surface area contributed by atoms with Gasteiger partial charge in [0.1, 0.15) is 5.16 Å². The van der Waals surface area contributed by atoms with Crippen molar-refractivity contribution < 1.29 is 0 Å². The highest BCUT2D eigenvalue weighted by molar-refractivity contribution is 6.29. The van der Waals surface area contributed by atoms with Gasteiger partial charge in [-0.2, -0.15) is 0 Å². The second kappa shape index (κ2) is 2.92. The normalized spacial score (nSPS) is 19.3. The molecule has 0 radical (unpaired) electrons. The van der Waals surface area contributed by atoms with Gasteiger partial charge in [0.05, 0.1) is 0 Å². The zero-order chi connectivity index (χ0) is 6.69. The summed E-state index contributed by atoms with van der Waals surface area (Å²) in [6.07, 6.45) is 5.18. The first kappa shape index (κ1) is 6.69. The van der Waals surface area contributed by atoms with E-state index in [2.05, 4.69) is 18.3 Å². The molecule has 2 heteroatoms. The van der Waals surface area contributed by atoms with Crippen molar-refractivity contribution in [2.75, 3.05) is 6.54 Å². The van der Waals surface area contributed by atoms with Crippen LogP contribution in [-0.4, -0.2) is 6.54 Å². The molecule has 9 heavy (non-hydrogen) atoms. The van der Waals surface area contributed by atoms with Gasteiger partial charge >= 0.3 is 0 Å². The van der Waals surface area contributed by atoms with Crippen molar-refractivity contribution in [2.45, 2.75) is 13.3 Å². The molecule has 0 bridgehead atoms. The molecule has 0 amide bonds. The summed E-state index contributed by atoms with van der Waals surface area (Å²) >= 11 is 5.73. The molecule has 0 fully saturated rings. The van der Waals surface area contributed by atoms with Crippen molar-refractivity contribution in [3.8, 4) is 0 Å². The average Bonchev–Trinajstić information content (AvgIpc) is 1.93. The molecule has 0 aromatic rings. The molecular formula is C7H10ClN. The van der Waals surface area contributed by atoms with Gasteiger partial charge in [0, 0.05) is 6.54 Å². The van der Waals surface area contributed by atoms with Gasteiger partial charge in [-0.1, -0.05) is 23.3 Å². The lowest BCUT2D eigenvalue weighted by atomic mass is 10.2. The molecule has 1 heterocycles. The Labute approximate surface area is 60.4 Å². The molecule has 0 spiro atoms. The fourth-order valence-electron chi connectivity index (χ4n) is 0.801. The van der Waals surface area contributed by atoms with Crippen LogP contribution in [0.25, 0.3) is 0 Å². The third-order valence-electron chi connectivity index (χ3n) is 1.26. The maximum Gasteiger partial charge on any atom is 0.102 e. The van der Waals surface area contributed by atoms with E-state index in [1.807, 2.05) is 6.08 Å². The Morgan fingerprint density at radius 3 is 3.22 bits per heavy atom. The van der Waals surface area contributed by atoms with Crippen LogP contribution in [0.4, 0.5) is 0 Å². The zero-order valence-electron chi connectivity index (χ0n) is 5.45. The SMILES string of the molecule is CC1=CCCNC(Cl)=C1. The number of halogens is 1. The van der Waals surface area contributed by atoms with Crippen LogP contribution in [-0.2, 0) is 0 Å². The quantitative estimate of drug-likeness (QED) is 0.512. The minimum absolute atomic E-state index is 0.751. The van der Waals surface area contributed by atoms with Crippen LogP contribution in [0.15, 0.2) is 22.9 Å². The maximum atomic E-state index is 5.73. The van der Waals surface area contributed by atoms with Crippen molar-refractivity contribution in [3.05, 3.63) is 22.9 Å². The minimum Gasteiger partial charge on any atom is -0.376 e. The van der Waals surface area contributed by atoms with E-state index in [4.69, 9.17) is 11.6 Å². The van der Waals surface area contributed by atoms with E-state index in [-0.39, 0.29) is 0 Å². The third kappa shape index (κ3) is 2.10. The zero-order valence-corrected chi connectivity index (χ0v) is 6.20. The van der Waals surface area contributed by atoms with Gasteiger partial charge in [-0.25, -0.2) is 0 Å². The summed E-state index contributed by atoms with van der Waals surface area (Å²) in [7, 11) is 0. The van der Waals surface area contributed by atoms with Crippen LogP contribution < -0.4 is 5.32 Å². The highest BCUT2D eigenvalue weighted by Gasteiger charge is 1.94. The van der Waals surface area contributed by atoms with E-state index in [1.54, 1.807) is 0 Å². The van der Waals surface area contributed by atoms with E-state index in [0.29, 0.717) is 0 Å². The predicted molar refractivity (Wildman–Crippen MR) is 40.3 cm³/mol. The Kier molecular flexibility index (Phi) is 2.17. The average molecular weight is 144 g/mol. The number of rotatable bonds is 0. The molecule has 0 aliphatic carbocycles. The molecule has 1 nitrogen and oxygen atoms in total. The molecule has 0 saturated heterocycles. The molecule has 1 aliphatic heterocycles. The van der Waals surface area contributed by atoms with Crippen LogP contribution in [0.1, 0.15) is 13.3 Å². The number of nitrogens with one attached hydrogen (secondary N) is 1. The van der Waals surface area contributed by atoms with Gasteiger partial charge < -0.3 is 5.32 Å². The molecule has 1 N–H and O–H groups in total. The molecule has 1 aliphatic rings. The van der Waals surface area contributed by atoms with Crippen LogP contribution >= 0.6 is 11.6 Å². The number of hydrogen-bond donors (Lipinski definition) is 1. The third-order valence-corrected chi connectivity index (χ3v) is 1.50. The van der Waals surface area contributed by atoms with Crippen molar-refractivity contribution in [1.29, 1.82) is 0 Å². The highest BCUT2D eigenvalue weighted by atomic mass is 35.5. The van der Waals surface area contributed by atoms with Crippen LogP contribution in [0.3, 0.4) is 0 Å². The topological polar surface area (TPSA) is 12.0 Å². The lowest BCUT2D eigenvalue weighted by molar-refractivity contribution is 0.846. The summed E-state index contributed by atoms with van der Waals surface area (Å²) in [5, 5.41) is 3.80. The summed E-state index contributed by atoms with van der Waals surface area (Å²) in [4.78, 5) is 0. The van der Waals surface area contributed by atoms with Crippen molar-refractivity contribution in [3.63, 3.8) is 0 Å². The van der Waals surface area contributed by atoms with Crippen molar-refractivity contribution >= 4 is 11.6 Å². The number of allylic oxidation sites excluding steroid dienone is 2. The monoisotopic (exact) mass is 143 g/mol. The Balaban J connectivity index is 2.67. The number of hydrogen-bond acceptors (Lipinski definition) is 1. The summed E-state index contributed by atoms with van der Waals surface area (Å²) < 4.78 is 0. The van der Waals surface area contributed by atoms with Crippen LogP contribution in [0.2, 0.25) is 0 Å². The van der Waals surface area contributed by atoms with Gasteiger partial charge in [0.2, 0.25) is 0 Å². The van der Waals surface area contributed by atoms with E-state index in [0.717, 1.165) is 18.1 Å². The van der Waals surface area contributed by atoms with Gasteiger partial charge in [0.15, 0.2) is 0 Å². The predicted octanol–water partition coefficient (Wildman–Crippen LogP) is 2.01. The summed E-state index contributed by atoms with van der Waals surface area (Å²) in [6, 6.07) is 0. The molecule has 0 saturated carbocycles. The van der Waals surface area contributed by atoms with E-state index < -0.39 is 0 Å². The fourth-order valence-corrected chi connectivity index (χ4v) is 1.07. The van der Waals surface area contributed by atoms with Gasteiger partial charge in [-0.15, -0.1) is 0 Å². The first-order valence-electron chi connectivity index (χ1n) is 3.07. The lowest BCUT2D eigenvalue weighted by Crippen LogP contribution is -2.08. The molecule has 0 aromatic carbocycles. The largest absolute Gasteiger partial charge is 0.376 e. The first-order chi connectivity index (χ1) is 4.29. The summed E-state index contributed by atoms with van der Waals surface area (Å²) in [5.74, 6) is 0. The maximum absolute atomic E-state index is 5.73. The van der Waals surface area contributed by atoms with E-state index >= 15 is 0 Å².